The molecule has 0 aromatic rings. The maximum atomic E-state index is 9.06. The minimum atomic E-state index is -0.247. The monoisotopic (exact) mass is 173 g/mol. The lowest BCUT2D eigenvalue weighted by molar-refractivity contribution is 0.0114. The molecule has 0 radical (unpaired) electrons. The number of aliphatic hydroxyl groups excluding tert-OH is 1. The first kappa shape index (κ1) is 9.96. The van der Waals surface area contributed by atoms with Gasteiger partial charge in [-0.05, 0) is 26.7 Å². The van der Waals surface area contributed by atoms with E-state index in [1.165, 1.54) is 0 Å². The van der Waals surface area contributed by atoms with Crippen LogP contribution in [0.3, 0.4) is 0 Å². The summed E-state index contributed by atoms with van der Waals surface area (Å²) in [5.41, 5.74) is 0. The highest BCUT2D eigenvalue weighted by Crippen LogP contribution is 2.12. The maximum absolute atomic E-state index is 9.06. The summed E-state index contributed by atoms with van der Waals surface area (Å²) in [5, 5.41) is 12.4. The minimum absolute atomic E-state index is 0.247. The molecule has 72 valence electrons. The molecule has 1 heterocycles. The molecule has 12 heavy (non-hydrogen) atoms. The quantitative estimate of drug-likeness (QED) is 0.654. The molecule has 1 saturated heterocycles. The SMILES string of the molecule is CC1CC(NC[C@@H](C)O)CCO1. The van der Waals surface area contributed by atoms with Gasteiger partial charge in [0.2, 0.25) is 0 Å². The van der Waals surface area contributed by atoms with Crippen molar-refractivity contribution in [2.24, 2.45) is 0 Å². The molecular formula is C9H19NO2. The van der Waals surface area contributed by atoms with Crippen LogP contribution in [-0.2, 0) is 4.74 Å². The summed E-state index contributed by atoms with van der Waals surface area (Å²) in [7, 11) is 0. The largest absolute Gasteiger partial charge is 0.392 e. The first-order valence-corrected chi connectivity index (χ1v) is 4.71. The topological polar surface area (TPSA) is 41.5 Å². The van der Waals surface area contributed by atoms with Crippen molar-refractivity contribution in [2.75, 3.05) is 13.2 Å². The van der Waals surface area contributed by atoms with Crippen LogP contribution >= 0.6 is 0 Å². The van der Waals surface area contributed by atoms with Crippen molar-refractivity contribution >= 4 is 0 Å². The van der Waals surface area contributed by atoms with Crippen LogP contribution < -0.4 is 5.32 Å². The number of rotatable bonds is 3. The third kappa shape index (κ3) is 3.52. The van der Waals surface area contributed by atoms with Gasteiger partial charge >= 0.3 is 0 Å². The molecule has 3 heteroatoms. The second-order valence-corrected chi connectivity index (χ2v) is 3.66. The Morgan fingerprint density at radius 3 is 3.00 bits per heavy atom. The lowest BCUT2D eigenvalue weighted by atomic mass is 10.0. The van der Waals surface area contributed by atoms with Crippen molar-refractivity contribution in [2.45, 2.75) is 44.9 Å². The normalized spacial score (nSPS) is 33.2. The molecule has 1 aliphatic heterocycles. The molecule has 0 spiro atoms. The van der Waals surface area contributed by atoms with Crippen molar-refractivity contribution < 1.29 is 9.84 Å². The van der Waals surface area contributed by atoms with Crippen LogP contribution in [0, 0.1) is 0 Å². The first-order valence-electron chi connectivity index (χ1n) is 4.71. The Labute approximate surface area is 74.1 Å². The molecule has 0 bridgehead atoms. The maximum Gasteiger partial charge on any atom is 0.0636 e. The Bertz CT molecular complexity index is 128. The molecule has 1 rings (SSSR count). The molecule has 0 aliphatic carbocycles. The summed E-state index contributed by atoms with van der Waals surface area (Å²) in [6.45, 7) is 5.43. The van der Waals surface area contributed by atoms with E-state index < -0.39 is 0 Å². The predicted molar refractivity (Wildman–Crippen MR) is 48.1 cm³/mol. The molecule has 1 aliphatic rings. The fourth-order valence-electron chi connectivity index (χ4n) is 1.52. The number of ether oxygens (including phenoxy) is 1. The highest BCUT2D eigenvalue weighted by Gasteiger charge is 2.18. The Morgan fingerprint density at radius 1 is 1.67 bits per heavy atom. The van der Waals surface area contributed by atoms with E-state index in [1.54, 1.807) is 6.92 Å². The van der Waals surface area contributed by atoms with E-state index in [0.29, 0.717) is 18.7 Å². The molecule has 0 saturated carbocycles. The van der Waals surface area contributed by atoms with Crippen LogP contribution in [0.15, 0.2) is 0 Å². The Kier molecular flexibility index (Phi) is 3.98. The third-order valence-corrected chi connectivity index (χ3v) is 2.19. The van der Waals surface area contributed by atoms with Crippen molar-refractivity contribution in [1.82, 2.24) is 5.32 Å². The van der Waals surface area contributed by atoms with E-state index in [1.807, 2.05) is 0 Å². The predicted octanol–water partition coefficient (Wildman–Crippen LogP) is 0.524. The lowest BCUT2D eigenvalue weighted by Crippen LogP contribution is -2.40. The van der Waals surface area contributed by atoms with E-state index in [0.717, 1.165) is 19.4 Å². The molecule has 1 fully saturated rings. The van der Waals surface area contributed by atoms with Gasteiger partial charge in [-0.3, -0.25) is 0 Å². The van der Waals surface area contributed by atoms with Gasteiger partial charge in [-0.15, -0.1) is 0 Å². The molecular weight excluding hydrogens is 154 g/mol. The van der Waals surface area contributed by atoms with Gasteiger partial charge in [0.15, 0.2) is 0 Å². The Morgan fingerprint density at radius 2 is 2.42 bits per heavy atom. The van der Waals surface area contributed by atoms with Crippen LogP contribution in [0.1, 0.15) is 26.7 Å². The molecule has 2 N–H and O–H groups in total. The van der Waals surface area contributed by atoms with E-state index in [-0.39, 0.29) is 6.10 Å². The standard InChI is InChI=1S/C9H19NO2/c1-7(11)6-10-9-3-4-12-8(2)5-9/h7-11H,3-6H2,1-2H3/t7-,8?,9?/m1/s1. The van der Waals surface area contributed by atoms with Gasteiger partial charge in [0.1, 0.15) is 0 Å². The van der Waals surface area contributed by atoms with Crippen LogP contribution in [0.25, 0.3) is 0 Å². The van der Waals surface area contributed by atoms with Crippen LogP contribution in [0.5, 0.6) is 0 Å². The average molecular weight is 173 g/mol. The summed E-state index contributed by atoms with van der Waals surface area (Å²) in [6, 6.07) is 0.531. The van der Waals surface area contributed by atoms with Crippen LogP contribution in [0.4, 0.5) is 0 Å². The van der Waals surface area contributed by atoms with Gasteiger partial charge in [-0.2, -0.15) is 0 Å². The zero-order chi connectivity index (χ0) is 8.97. The van der Waals surface area contributed by atoms with Gasteiger partial charge in [-0.1, -0.05) is 0 Å². The zero-order valence-electron chi connectivity index (χ0n) is 7.92. The minimum Gasteiger partial charge on any atom is -0.392 e. The molecule has 3 atom stereocenters. The molecule has 2 unspecified atom stereocenters. The van der Waals surface area contributed by atoms with Gasteiger partial charge in [0.05, 0.1) is 12.2 Å². The van der Waals surface area contributed by atoms with E-state index in [9.17, 15) is 0 Å². The fraction of sp³-hybridized carbons (Fsp3) is 1.00. The van der Waals surface area contributed by atoms with Gasteiger partial charge in [-0.25, -0.2) is 0 Å². The summed E-state index contributed by atoms with van der Waals surface area (Å²) in [6.07, 6.45) is 2.25. The van der Waals surface area contributed by atoms with E-state index in [2.05, 4.69) is 12.2 Å². The number of nitrogens with one attached hydrogen (secondary N) is 1. The summed E-state index contributed by atoms with van der Waals surface area (Å²) >= 11 is 0. The molecule has 0 amide bonds. The van der Waals surface area contributed by atoms with Crippen LogP contribution in [-0.4, -0.2) is 36.5 Å². The second-order valence-electron chi connectivity index (χ2n) is 3.66. The van der Waals surface area contributed by atoms with Gasteiger partial charge in [0, 0.05) is 19.2 Å². The van der Waals surface area contributed by atoms with E-state index >= 15 is 0 Å². The number of aliphatic hydroxyl groups is 1. The highest BCUT2D eigenvalue weighted by atomic mass is 16.5. The third-order valence-electron chi connectivity index (χ3n) is 2.19. The summed E-state index contributed by atoms with van der Waals surface area (Å²) < 4.78 is 5.41. The molecule has 3 nitrogen and oxygen atoms in total. The number of hydrogen-bond donors (Lipinski definition) is 2. The smallest absolute Gasteiger partial charge is 0.0636 e. The van der Waals surface area contributed by atoms with Crippen LogP contribution in [0.2, 0.25) is 0 Å². The van der Waals surface area contributed by atoms with Crippen molar-refractivity contribution in [3.8, 4) is 0 Å². The van der Waals surface area contributed by atoms with Crippen molar-refractivity contribution in [1.29, 1.82) is 0 Å². The summed E-state index contributed by atoms with van der Waals surface area (Å²) in [5.74, 6) is 0. The van der Waals surface area contributed by atoms with Gasteiger partial charge in [0.25, 0.3) is 0 Å². The molecule has 0 aromatic carbocycles. The average Bonchev–Trinajstić information content (AvgIpc) is 2.01. The second kappa shape index (κ2) is 4.80. The highest BCUT2D eigenvalue weighted by molar-refractivity contribution is 4.74. The lowest BCUT2D eigenvalue weighted by Gasteiger charge is -2.28. The fourth-order valence-corrected chi connectivity index (χ4v) is 1.52. The Balaban J connectivity index is 2.14. The molecule has 0 aromatic heterocycles. The first-order chi connectivity index (χ1) is 5.68. The zero-order valence-corrected chi connectivity index (χ0v) is 7.92. The van der Waals surface area contributed by atoms with Crippen molar-refractivity contribution in [3.05, 3.63) is 0 Å². The van der Waals surface area contributed by atoms with E-state index in [4.69, 9.17) is 9.84 Å². The summed E-state index contributed by atoms with van der Waals surface area (Å²) in [4.78, 5) is 0. The van der Waals surface area contributed by atoms with Gasteiger partial charge < -0.3 is 15.2 Å². The number of hydrogen-bond acceptors (Lipinski definition) is 3. The van der Waals surface area contributed by atoms with Crippen molar-refractivity contribution in [3.63, 3.8) is 0 Å². The Hall–Kier alpha value is -0.120.